The summed E-state index contributed by atoms with van der Waals surface area (Å²) in [6, 6.07) is 17.2. The number of benzene rings is 3. The minimum Gasteiger partial charge on any atom is -0.422 e. The third-order valence-electron chi connectivity index (χ3n) is 4.14. The molecule has 3 aromatic carbocycles. The number of rotatable bonds is 6. The van der Waals surface area contributed by atoms with E-state index >= 15 is 0 Å². The lowest BCUT2D eigenvalue weighted by molar-refractivity contribution is -0.384. The second kappa shape index (κ2) is 9.77. The van der Waals surface area contributed by atoms with Crippen molar-refractivity contribution in [2.24, 2.45) is 5.10 Å². The first kappa shape index (κ1) is 21.8. The number of nitrogens with one attached hydrogen (secondary N) is 1. The zero-order valence-electron chi connectivity index (χ0n) is 16.2. The summed E-state index contributed by atoms with van der Waals surface area (Å²) in [4.78, 5) is 34.8. The maximum Gasteiger partial charge on any atom is 0.343 e. The van der Waals surface area contributed by atoms with Gasteiger partial charge in [-0.25, -0.2) is 10.2 Å². The topological polar surface area (TPSA) is 111 Å². The molecule has 1 amide bonds. The number of nitro benzene ring substituents is 1. The molecule has 0 heterocycles. The van der Waals surface area contributed by atoms with Gasteiger partial charge in [-0.1, -0.05) is 33.6 Å². The van der Waals surface area contributed by atoms with E-state index in [0.717, 1.165) is 10.0 Å². The number of carbonyl (C=O) groups excluding carboxylic acids is 2. The molecule has 0 unspecified atom stereocenters. The predicted molar refractivity (Wildman–Crippen MR) is 118 cm³/mol. The summed E-state index contributed by atoms with van der Waals surface area (Å²) >= 11 is 3.35. The van der Waals surface area contributed by atoms with E-state index in [-0.39, 0.29) is 17.0 Å². The van der Waals surface area contributed by atoms with Crippen molar-refractivity contribution in [2.75, 3.05) is 0 Å². The standard InChI is InChI=1S/C22H16BrN3O5/c1-14-3-2-4-16(11-14)22(28)31-20-10-7-18(23)12-17(20)13-24-25-21(27)15-5-8-19(9-6-15)26(29)30/h2-13H,1H3,(H,25,27)/b24-13+. The molecule has 0 saturated heterocycles. The summed E-state index contributed by atoms with van der Waals surface area (Å²) in [5.74, 6) is -0.793. The van der Waals surface area contributed by atoms with Crippen LogP contribution in [0.2, 0.25) is 0 Å². The first-order valence-corrected chi connectivity index (χ1v) is 9.79. The van der Waals surface area contributed by atoms with Gasteiger partial charge in [0, 0.05) is 27.7 Å². The monoisotopic (exact) mass is 481 g/mol. The quantitative estimate of drug-likeness (QED) is 0.181. The van der Waals surface area contributed by atoms with Gasteiger partial charge < -0.3 is 4.74 Å². The van der Waals surface area contributed by atoms with Crippen LogP contribution in [-0.2, 0) is 0 Å². The molecule has 8 nitrogen and oxygen atoms in total. The molecule has 9 heteroatoms. The molecule has 3 rings (SSSR count). The van der Waals surface area contributed by atoms with E-state index < -0.39 is 16.8 Å². The van der Waals surface area contributed by atoms with Crippen LogP contribution in [0.15, 0.2) is 76.3 Å². The van der Waals surface area contributed by atoms with Crippen LogP contribution < -0.4 is 10.2 Å². The van der Waals surface area contributed by atoms with Gasteiger partial charge in [0.1, 0.15) is 5.75 Å². The molecular weight excluding hydrogens is 466 g/mol. The van der Waals surface area contributed by atoms with Crippen LogP contribution in [-0.4, -0.2) is 23.0 Å². The Morgan fingerprint density at radius 3 is 2.48 bits per heavy atom. The predicted octanol–water partition coefficient (Wildman–Crippen LogP) is 4.65. The zero-order valence-corrected chi connectivity index (χ0v) is 17.8. The lowest BCUT2D eigenvalue weighted by Crippen LogP contribution is -2.17. The van der Waals surface area contributed by atoms with Gasteiger partial charge in [0.25, 0.3) is 11.6 Å². The Morgan fingerprint density at radius 2 is 1.81 bits per heavy atom. The van der Waals surface area contributed by atoms with Gasteiger partial charge in [-0.3, -0.25) is 14.9 Å². The van der Waals surface area contributed by atoms with Crippen molar-refractivity contribution < 1.29 is 19.2 Å². The lowest BCUT2D eigenvalue weighted by Gasteiger charge is -2.08. The van der Waals surface area contributed by atoms with Crippen molar-refractivity contribution in [3.8, 4) is 5.75 Å². The second-order valence-corrected chi connectivity index (χ2v) is 7.36. The van der Waals surface area contributed by atoms with E-state index in [4.69, 9.17) is 4.74 Å². The first-order chi connectivity index (χ1) is 14.8. The Kier molecular flexibility index (Phi) is 6.88. The first-order valence-electron chi connectivity index (χ1n) is 9.00. The SMILES string of the molecule is Cc1cccc(C(=O)Oc2ccc(Br)cc2/C=N/NC(=O)c2ccc([N+](=O)[O-])cc2)c1. The average molecular weight is 482 g/mol. The summed E-state index contributed by atoms with van der Waals surface area (Å²) in [7, 11) is 0. The number of carbonyl (C=O) groups is 2. The molecule has 0 bridgehead atoms. The lowest BCUT2D eigenvalue weighted by atomic mass is 10.1. The largest absolute Gasteiger partial charge is 0.422 e. The Labute approximate surface area is 185 Å². The van der Waals surface area contributed by atoms with Gasteiger partial charge in [-0.05, 0) is 49.4 Å². The molecule has 31 heavy (non-hydrogen) atoms. The Morgan fingerprint density at radius 1 is 1.06 bits per heavy atom. The zero-order chi connectivity index (χ0) is 22.4. The number of ether oxygens (including phenoxy) is 1. The highest BCUT2D eigenvalue weighted by molar-refractivity contribution is 9.10. The van der Waals surface area contributed by atoms with Crippen molar-refractivity contribution in [3.63, 3.8) is 0 Å². The van der Waals surface area contributed by atoms with E-state index in [1.165, 1.54) is 30.5 Å². The number of non-ortho nitro benzene ring substituents is 1. The van der Waals surface area contributed by atoms with Gasteiger partial charge in [-0.2, -0.15) is 5.10 Å². The molecule has 0 saturated carbocycles. The highest BCUT2D eigenvalue weighted by atomic mass is 79.9. The smallest absolute Gasteiger partial charge is 0.343 e. The van der Waals surface area contributed by atoms with Gasteiger partial charge >= 0.3 is 5.97 Å². The van der Waals surface area contributed by atoms with Crippen LogP contribution in [0.1, 0.15) is 31.8 Å². The Balaban J connectivity index is 1.72. The van der Waals surface area contributed by atoms with Crippen molar-refractivity contribution >= 4 is 39.7 Å². The molecule has 0 fully saturated rings. The molecule has 0 aliphatic rings. The maximum atomic E-state index is 12.4. The number of nitro groups is 1. The van der Waals surface area contributed by atoms with Gasteiger partial charge in [0.15, 0.2) is 0 Å². The summed E-state index contributed by atoms with van der Waals surface area (Å²) in [5.41, 5.74) is 4.24. The molecule has 0 aliphatic heterocycles. The van der Waals surface area contributed by atoms with Gasteiger partial charge in [0.2, 0.25) is 0 Å². The number of hydrazone groups is 1. The van der Waals surface area contributed by atoms with Crippen molar-refractivity contribution in [2.45, 2.75) is 6.92 Å². The fourth-order valence-electron chi connectivity index (χ4n) is 2.60. The highest BCUT2D eigenvalue weighted by Gasteiger charge is 2.12. The number of amides is 1. The third kappa shape index (κ3) is 5.83. The van der Waals surface area contributed by atoms with Crippen molar-refractivity contribution in [1.29, 1.82) is 0 Å². The van der Waals surface area contributed by atoms with Crippen molar-refractivity contribution in [1.82, 2.24) is 5.43 Å². The van der Waals surface area contributed by atoms with E-state index in [0.29, 0.717) is 11.1 Å². The van der Waals surface area contributed by atoms with Crippen molar-refractivity contribution in [3.05, 3.63) is 104 Å². The molecule has 156 valence electrons. The normalized spacial score (nSPS) is 10.6. The molecule has 0 aromatic heterocycles. The van der Waals surface area contributed by atoms with Gasteiger partial charge in [0.05, 0.1) is 16.7 Å². The van der Waals surface area contributed by atoms with Crippen LogP contribution in [0.25, 0.3) is 0 Å². The van der Waals surface area contributed by atoms with Crippen LogP contribution in [0.4, 0.5) is 5.69 Å². The number of hydrogen-bond donors (Lipinski definition) is 1. The van der Waals surface area contributed by atoms with E-state index in [1.54, 1.807) is 36.4 Å². The molecule has 0 radical (unpaired) electrons. The summed E-state index contributed by atoms with van der Waals surface area (Å²) in [6.45, 7) is 1.88. The molecule has 0 atom stereocenters. The average Bonchev–Trinajstić information content (AvgIpc) is 2.75. The van der Waals surface area contributed by atoms with Crippen LogP contribution in [0.5, 0.6) is 5.75 Å². The fraction of sp³-hybridized carbons (Fsp3) is 0.0455. The number of aryl methyl sites for hydroxylation is 1. The molecule has 1 N–H and O–H groups in total. The third-order valence-corrected chi connectivity index (χ3v) is 4.63. The van der Waals surface area contributed by atoms with E-state index in [2.05, 4.69) is 26.5 Å². The number of esters is 1. The Bertz CT molecular complexity index is 1180. The second-order valence-electron chi connectivity index (χ2n) is 6.44. The molecule has 0 spiro atoms. The minimum absolute atomic E-state index is 0.116. The molecular formula is C22H16BrN3O5. The molecule has 3 aromatic rings. The highest BCUT2D eigenvalue weighted by Crippen LogP contribution is 2.23. The Hall–Kier alpha value is -3.85. The number of nitrogens with zero attached hydrogens (tertiary/aromatic N) is 2. The van der Waals surface area contributed by atoms with E-state index in [1.807, 2.05) is 13.0 Å². The summed E-state index contributed by atoms with van der Waals surface area (Å²) < 4.78 is 6.22. The molecule has 0 aliphatic carbocycles. The van der Waals surface area contributed by atoms with E-state index in [9.17, 15) is 19.7 Å². The number of halogens is 1. The summed E-state index contributed by atoms with van der Waals surface area (Å²) in [6.07, 6.45) is 1.34. The maximum absolute atomic E-state index is 12.4. The minimum atomic E-state index is -0.549. The van der Waals surface area contributed by atoms with Crippen LogP contribution in [0, 0.1) is 17.0 Å². The summed E-state index contributed by atoms with van der Waals surface area (Å²) in [5, 5.41) is 14.6. The van der Waals surface area contributed by atoms with Gasteiger partial charge in [-0.15, -0.1) is 0 Å². The number of hydrogen-bond acceptors (Lipinski definition) is 6. The fourth-order valence-corrected chi connectivity index (χ4v) is 2.98. The van der Waals surface area contributed by atoms with Crippen LogP contribution >= 0.6 is 15.9 Å². The van der Waals surface area contributed by atoms with Crippen LogP contribution in [0.3, 0.4) is 0 Å².